The van der Waals surface area contributed by atoms with Crippen LogP contribution in [0.15, 0.2) is 24.3 Å². The third-order valence-corrected chi connectivity index (χ3v) is 3.90. The standard InChI is InChI=1S/C15H11Cl2F3N2O2/c1-2-23-8-22-13(11(7-21)12(16)14(22)17)9-3-5-10(6-4-9)24-15(18,19)20/h3-6H,2,8H2,1H3. The van der Waals surface area contributed by atoms with E-state index in [2.05, 4.69) is 4.74 Å². The fourth-order valence-electron chi connectivity index (χ4n) is 2.08. The van der Waals surface area contributed by atoms with Gasteiger partial charge in [-0.2, -0.15) is 5.26 Å². The first-order valence-corrected chi connectivity index (χ1v) is 7.45. The van der Waals surface area contributed by atoms with E-state index in [-0.39, 0.29) is 28.2 Å². The van der Waals surface area contributed by atoms with E-state index in [1.54, 1.807) is 6.92 Å². The van der Waals surface area contributed by atoms with Crippen molar-refractivity contribution in [3.8, 4) is 23.1 Å². The Labute approximate surface area is 145 Å². The Kier molecular flexibility index (Phi) is 5.65. The molecule has 0 bridgehead atoms. The molecule has 0 fully saturated rings. The van der Waals surface area contributed by atoms with Crippen LogP contribution in [0.25, 0.3) is 11.3 Å². The van der Waals surface area contributed by atoms with Gasteiger partial charge < -0.3 is 14.0 Å². The van der Waals surface area contributed by atoms with Crippen LogP contribution < -0.4 is 4.74 Å². The molecule has 0 N–H and O–H groups in total. The van der Waals surface area contributed by atoms with Crippen LogP contribution in [0.1, 0.15) is 12.5 Å². The van der Waals surface area contributed by atoms with E-state index >= 15 is 0 Å². The number of benzene rings is 1. The molecule has 1 aromatic heterocycles. The monoisotopic (exact) mass is 378 g/mol. The summed E-state index contributed by atoms with van der Waals surface area (Å²) in [5, 5.41) is 9.49. The lowest BCUT2D eigenvalue weighted by molar-refractivity contribution is -0.274. The summed E-state index contributed by atoms with van der Waals surface area (Å²) in [5.41, 5.74) is 0.931. The number of hydrogen-bond acceptors (Lipinski definition) is 3. The minimum absolute atomic E-state index is 0.0485. The van der Waals surface area contributed by atoms with Gasteiger partial charge in [-0.3, -0.25) is 0 Å². The van der Waals surface area contributed by atoms with Gasteiger partial charge in [-0.1, -0.05) is 23.2 Å². The van der Waals surface area contributed by atoms with Gasteiger partial charge in [-0.05, 0) is 36.8 Å². The first kappa shape index (κ1) is 18.5. The smallest absolute Gasteiger partial charge is 0.406 e. The van der Waals surface area contributed by atoms with Crippen LogP contribution in [0, 0.1) is 11.3 Å². The molecule has 0 aliphatic rings. The average Bonchev–Trinajstić information content (AvgIpc) is 2.76. The molecular weight excluding hydrogens is 368 g/mol. The Morgan fingerprint density at radius 2 is 1.83 bits per heavy atom. The fourth-order valence-corrected chi connectivity index (χ4v) is 2.54. The van der Waals surface area contributed by atoms with Crippen molar-refractivity contribution >= 4 is 23.2 Å². The molecule has 0 saturated heterocycles. The van der Waals surface area contributed by atoms with Crippen molar-refractivity contribution in [2.45, 2.75) is 20.0 Å². The van der Waals surface area contributed by atoms with E-state index in [1.807, 2.05) is 6.07 Å². The number of alkyl halides is 3. The summed E-state index contributed by atoms with van der Waals surface area (Å²) >= 11 is 12.2. The minimum Gasteiger partial charge on any atom is -0.406 e. The van der Waals surface area contributed by atoms with Crippen molar-refractivity contribution in [2.75, 3.05) is 6.61 Å². The molecule has 0 unspecified atom stereocenters. The molecule has 128 valence electrons. The Morgan fingerprint density at radius 3 is 2.33 bits per heavy atom. The van der Waals surface area contributed by atoms with Crippen molar-refractivity contribution in [1.82, 2.24) is 4.57 Å². The first-order valence-electron chi connectivity index (χ1n) is 6.70. The SMILES string of the molecule is CCOCn1c(Cl)c(Cl)c(C#N)c1-c1ccc(OC(F)(F)F)cc1. The highest BCUT2D eigenvalue weighted by Crippen LogP contribution is 2.38. The Hall–Kier alpha value is -1.88. The zero-order chi connectivity index (χ0) is 17.9. The van der Waals surface area contributed by atoms with Gasteiger partial charge in [0.25, 0.3) is 0 Å². The molecular formula is C15H11Cl2F3N2O2. The number of rotatable bonds is 5. The molecule has 2 aromatic rings. The maximum atomic E-state index is 12.2. The Bertz CT molecular complexity index is 765. The number of aromatic nitrogens is 1. The summed E-state index contributed by atoms with van der Waals surface area (Å²) in [6.07, 6.45) is -4.78. The van der Waals surface area contributed by atoms with Crippen molar-refractivity contribution in [3.63, 3.8) is 0 Å². The highest BCUT2D eigenvalue weighted by atomic mass is 35.5. The summed E-state index contributed by atoms with van der Waals surface area (Å²) in [6, 6.07) is 7.00. The van der Waals surface area contributed by atoms with E-state index < -0.39 is 6.36 Å². The number of nitrogens with zero attached hydrogens (tertiary/aromatic N) is 2. The summed E-state index contributed by atoms with van der Waals surface area (Å²) < 4.78 is 47.3. The average molecular weight is 379 g/mol. The molecule has 0 radical (unpaired) electrons. The molecule has 0 saturated carbocycles. The van der Waals surface area contributed by atoms with E-state index in [0.717, 1.165) is 12.1 Å². The van der Waals surface area contributed by atoms with E-state index in [0.29, 0.717) is 17.9 Å². The highest BCUT2D eigenvalue weighted by molar-refractivity contribution is 6.42. The molecule has 1 heterocycles. The maximum Gasteiger partial charge on any atom is 0.573 e. The molecule has 0 spiro atoms. The number of nitriles is 1. The second kappa shape index (κ2) is 7.34. The van der Waals surface area contributed by atoms with Gasteiger partial charge in [-0.25, -0.2) is 0 Å². The third kappa shape index (κ3) is 3.96. The summed E-state index contributed by atoms with van der Waals surface area (Å²) in [5.74, 6) is -0.370. The molecule has 1 aromatic carbocycles. The van der Waals surface area contributed by atoms with Crippen LogP contribution in [0.2, 0.25) is 10.2 Å². The summed E-state index contributed by atoms with van der Waals surface area (Å²) in [4.78, 5) is 0. The van der Waals surface area contributed by atoms with Gasteiger partial charge in [0.2, 0.25) is 0 Å². The summed E-state index contributed by atoms with van der Waals surface area (Å²) in [7, 11) is 0. The number of hydrogen-bond donors (Lipinski definition) is 0. The van der Waals surface area contributed by atoms with E-state index in [4.69, 9.17) is 27.9 Å². The Morgan fingerprint density at radius 1 is 1.21 bits per heavy atom. The van der Waals surface area contributed by atoms with E-state index in [9.17, 15) is 18.4 Å². The largest absolute Gasteiger partial charge is 0.573 e. The van der Waals surface area contributed by atoms with Crippen molar-refractivity contribution < 1.29 is 22.6 Å². The van der Waals surface area contributed by atoms with Crippen LogP contribution in [0.5, 0.6) is 5.75 Å². The predicted molar refractivity (Wildman–Crippen MR) is 82.9 cm³/mol. The molecule has 4 nitrogen and oxygen atoms in total. The second-order valence-electron chi connectivity index (χ2n) is 4.56. The van der Waals surface area contributed by atoms with Crippen LogP contribution >= 0.6 is 23.2 Å². The van der Waals surface area contributed by atoms with Crippen molar-refractivity contribution in [1.29, 1.82) is 5.26 Å². The zero-order valence-corrected chi connectivity index (χ0v) is 13.8. The molecule has 2 rings (SSSR count). The zero-order valence-electron chi connectivity index (χ0n) is 12.3. The van der Waals surface area contributed by atoms with Gasteiger partial charge in [-0.15, -0.1) is 13.2 Å². The third-order valence-electron chi connectivity index (χ3n) is 3.04. The van der Waals surface area contributed by atoms with Crippen molar-refractivity contribution in [3.05, 3.63) is 40.0 Å². The quantitative estimate of drug-likeness (QED) is 0.715. The maximum absolute atomic E-state index is 12.2. The highest BCUT2D eigenvalue weighted by Gasteiger charge is 2.31. The van der Waals surface area contributed by atoms with Gasteiger partial charge in [0.05, 0.1) is 16.3 Å². The van der Waals surface area contributed by atoms with Crippen molar-refractivity contribution in [2.24, 2.45) is 0 Å². The van der Waals surface area contributed by atoms with Gasteiger partial charge in [0.15, 0.2) is 0 Å². The number of halogens is 5. The van der Waals surface area contributed by atoms with Gasteiger partial charge in [0.1, 0.15) is 23.7 Å². The normalized spacial score (nSPS) is 11.4. The molecule has 24 heavy (non-hydrogen) atoms. The number of ether oxygens (including phenoxy) is 2. The fraction of sp³-hybridized carbons (Fsp3) is 0.267. The molecule has 9 heteroatoms. The molecule has 0 aliphatic heterocycles. The second-order valence-corrected chi connectivity index (χ2v) is 5.30. The Balaban J connectivity index is 2.47. The van der Waals surface area contributed by atoms with Crippen LogP contribution in [0.3, 0.4) is 0 Å². The lowest BCUT2D eigenvalue weighted by Gasteiger charge is -2.12. The van der Waals surface area contributed by atoms with Crippen LogP contribution in [-0.4, -0.2) is 17.5 Å². The first-order chi connectivity index (χ1) is 11.3. The molecule has 0 atom stereocenters. The van der Waals surface area contributed by atoms with Crippen LogP contribution in [0.4, 0.5) is 13.2 Å². The molecule has 0 amide bonds. The van der Waals surface area contributed by atoms with E-state index in [1.165, 1.54) is 16.7 Å². The lowest BCUT2D eigenvalue weighted by atomic mass is 10.1. The van der Waals surface area contributed by atoms with Gasteiger partial charge in [0, 0.05) is 6.61 Å². The van der Waals surface area contributed by atoms with Crippen LogP contribution in [-0.2, 0) is 11.5 Å². The summed E-state index contributed by atoms with van der Waals surface area (Å²) in [6.45, 7) is 2.24. The van der Waals surface area contributed by atoms with Gasteiger partial charge >= 0.3 is 6.36 Å². The molecule has 0 aliphatic carbocycles. The minimum atomic E-state index is -4.78. The lowest BCUT2D eigenvalue weighted by Crippen LogP contribution is -2.17. The topological polar surface area (TPSA) is 47.2 Å². The predicted octanol–water partition coefficient (Wildman–Crippen LogP) is 5.23.